The van der Waals surface area contributed by atoms with Gasteiger partial charge in [0.2, 0.25) is 0 Å². The molecule has 1 unspecified atom stereocenters. The predicted octanol–water partition coefficient (Wildman–Crippen LogP) is 2.44. The number of nitrogens with two attached hydrogens (primary N) is 1. The van der Waals surface area contributed by atoms with E-state index in [0.29, 0.717) is 17.8 Å². The summed E-state index contributed by atoms with van der Waals surface area (Å²) in [5.41, 5.74) is 6.60. The number of benzene rings is 1. The van der Waals surface area contributed by atoms with E-state index in [-0.39, 0.29) is 11.1 Å². The molecule has 2 rings (SSSR count). The minimum Gasteiger partial charge on any atom is -0.347 e. The standard InChI is InChI=1S/C11H11ClFN3/c12-10-7(2-1-3-8(10)13)6-9(14)11-15-4-5-16-11/h1-5,9H,6,14H2,(H,15,16). The van der Waals surface area contributed by atoms with Crippen molar-refractivity contribution in [3.8, 4) is 0 Å². The molecule has 0 spiro atoms. The van der Waals surface area contributed by atoms with E-state index in [0.717, 1.165) is 0 Å². The van der Waals surface area contributed by atoms with Crippen LogP contribution in [0.5, 0.6) is 0 Å². The number of aromatic amines is 1. The highest BCUT2D eigenvalue weighted by Gasteiger charge is 2.13. The molecule has 3 N–H and O–H groups in total. The Kier molecular flexibility index (Phi) is 3.22. The van der Waals surface area contributed by atoms with E-state index in [1.807, 2.05) is 0 Å². The highest BCUT2D eigenvalue weighted by Crippen LogP contribution is 2.23. The average Bonchev–Trinajstić information content (AvgIpc) is 2.78. The smallest absolute Gasteiger partial charge is 0.142 e. The molecule has 2 aromatic rings. The zero-order valence-electron chi connectivity index (χ0n) is 8.45. The van der Waals surface area contributed by atoms with Crippen LogP contribution >= 0.6 is 11.6 Å². The van der Waals surface area contributed by atoms with Crippen molar-refractivity contribution in [2.45, 2.75) is 12.5 Å². The maximum atomic E-state index is 13.2. The van der Waals surface area contributed by atoms with Crippen LogP contribution in [-0.4, -0.2) is 9.97 Å². The molecule has 0 bridgehead atoms. The molecule has 16 heavy (non-hydrogen) atoms. The van der Waals surface area contributed by atoms with Gasteiger partial charge in [0.1, 0.15) is 11.6 Å². The fourth-order valence-corrected chi connectivity index (χ4v) is 1.72. The molecular formula is C11H11ClFN3. The van der Waals surface area contributed by atoms with E-state index in [1.54, 1.807) is 24.5 Å². The molecule has 0 aliphatic rings. The van der Waals surface area contributed by atoms with E-state index >= 15 is 0 Å². The molecule has 1 aromatic carbocycles. The lowest BCUT2D eigenvalue weighted by Crippen LogP contribution is -2.15. The first-order chi connectivity index (χ1) is 7.68. The normalized spacial score (nSPS) is 12.7. The lowest BCUT2D eigenvalue weighted by molar-refractivity contribution is 0.620. The zero-order valence-corrected chi connectivity index (χ0v) is 9.21. The number of nitrogens with one attached hydrogen (secondary N) is 1. The summed E-state index contributed by atoms with van der Waals surface area (Å²) in [5, 5.41) is 0.129. The molecule has 0 saturated carbocycles. The van der Waals surface area contributed by atoms with E-state index < -0.39 is 5.82 Å². The third kappa shape index (κ3) is 2.23. The van der Waals surface area contributed by atoms with Crippen molar-refractivity contribution >= 4 is 11.6 Å². The molecule has 84 valence electrons. The molecule has 3 nitrogen and oxygen atoms in total. The summed E-state index contributed by atoms with van der Waals surface area (Å²) >= 11 is 5.84. The summed E-state index contributed by atoms with van der Waals surface area (Å²) in [6.07, 6.45) is 3.77. The number of aromatic nitrogens is 2. The van der Waals surface area contributed by atoms with Crippen LogP contribution in [0.25, 0.3) is 0 Å². The highest BCUT2D eigenvalue weighted by atomic mass is 35.5. The van der Waals surface area contributed by atoms with Gasteiger partial charge in [0.05, 0.1) is 11.1 Å². The Morgan fingerprint density at radius 1 is 1.50 bits per heavy atom. The molecule has 1 atom stereocenters. The summed E-state index contributed by atoms with van der Waals surface area (Å²) in [6.45, 7) is 0. The van der Waals surface area contributed by atoms with Crippen molar-refractivity contribution in [1.82, 2.24) is 9.97 Å². The van der Waals surface area contributed by atoms with Crippen LogP contribution < -0.4 is 5.73 Å². The second kappa shape index (κ2) is 4.63. The van der Waals surface area contributed by atoms with Crippen LogP contribution in [0, 0.1) is 5.82 Å². The minimum absolute atomic E-state index is 0.129. The second-order valence-electron chi connectivity index (χ2n) is 3.50. The molecule has 0 fully saturated rings. The Hall–Kier alpha value is -1.39. The summed E-state index contributed by atoms with van der Waals surface area (Å²) in [6, 6.07) is 4.39. The van der Waals surface area contributed by atoms with Crippen LogP contribution in [-0.2, 0) is 6.42 Å². The lowest BCUT2D eigenvalue weighted by atomic mass is 10.1. The van der Waals surface area contributed by atoms with Gasteiger partial charge >= 0.3 is 0 Å². The molecular weight excluding hydrogens is 229 g/mol. The summed E-state index contributed by atoms with van der Waals surface area (Å²) < 4.78 is 13.2. The molecule has 0 radical (unpaired) electrons. The Labute approximate surface area is 97.5 Å². The van der Waals surface area contributed by atoms with E-state index in [1.165, 1.54) is 6.07 Å². The van der Waals surface area contributed by atoms with Crippen LogP contribution in [0.4, 0.5) is 4.39 Å². The van der Waals surface area contributed by atoms with E-state index in [9.17, 15) is 4.39 Å². The van der Waals surface area contributed by atoms with Crippen molar-refractivity contribution < 1.29 is 4.39 Å². The van der Waals surface area contributed by atoms with Gasteiger partial charge in [0.15, 0.2) is 0 Å². The first-order valence-corrected chi connectivity index (χ1v) is 5.24. The van der Waals surface area contributed by atoms with Crippen LogP contribution in [0.2, 0.25) is 5.02 Å². The van der Waals surface area contributed by atoms with Gasteiger partial charge < -0.3 is 10.7 Å². The monoisotopic (exact) mass is 239 g/mol. The zero-order chi connectivity index (χ0) is 11.5. The highest BCUT2D eigenvalue weighted by molar-refractivity contribution is 6.31. The number of hydrogen-bond donors (Lipinski definition) is 2. The molecule has 0 amide bonds. The third-order valence-electron chi connectivity index (χ3n) is 2.34. The molecule has 1 heterocycles. The van der Waals surface area contributed by atoms with E-state index in [4.69, 9.17) is 17.3 Å². The molecule has 1 aromatic heterocycles. The Balaban J connectivity index is 2.18. The van der Waals surface area contributed by atoms with Crippen molar-refractivity contribution in [2.24, 2.45) is 5.73 Å². The first kappa shape index (κ1) is 11.1. The summed E-state index contributed by atoms with van der Waals surface area (Å²) in [5.74, 6) is 0.242. The molecule has 0 aliphatic heterocycles. The van der Waals surface area contributed by atoms with Crippen molar-refractivity contribution in [3.05, 3.63) is 52.8 Å². The van der Waals surface area contributed by atoms with Crippen LogP contribution in [0.3, 0.4) is 0 Å². The second-order valence-corrected chi connectivity index (χ2v) is 3.88. The SMILES string of the molecule is NC(Cc1cccc(F)c1Cl)c1ncc[nH]1. The van der Waals surface area contributed by atoms with Gasteiger partial charge in [-0.3, -0.25) is 0 Å². The quantitative estimate of drug-likeness (QED) is 0.865. The maximum absolute atomic E-state index is 13.2. The number of nitrogens with zero attached hydrogens (tertiary/aromatic N) is 1. The van der Waals surface area contributed by atoms with Crippen LogP contribution in [0.15, 0.2) is 30.6 Å². The average molecular weight is 240 g/mol. The fourth-order valence-electron chi connectivity index (χ4n) is 1.52. The van der Waals surface area contributed by atoms with E-state index in [2.05, 4.69) is 9.97 Å². The maximum Gasteiger partial charge on any atom is 0.142 e. The van der Waals surface area contributed by atoms with Gasteiger partial charge in [-0.15, -0.1) is 0 Å². The molecule has 0 saturated heterocycles. The van der Waals surface area contributed by atoms with Crippen molar-refractivity contribution in [3.63, 3.8) is 0 Å². The lowest BCUT2D eigenvalue weighted by Gasteiger charge is -2.10. The van der Waals surface area contributed by atoms with Gasteiger partial charge in [-0.1, -0.05) is 23.7 Å². The number of H-pyrrole nitrogens is 1. The number of imidazole rings is 1. The summed E-state index contributed by atoms with van der Waals surface area (Å²) in [4.78, 5) is 6.97. The predicted molar refractivity (Wildman–Crippen MR) is 60.6 cm³/mol. The Morgan fingerprint density at radius 3 is 3.00 bits per heavy atom. The largest absolute Gasteiger partial charge is 0.347 e. The fraction of sp³-hybridized carbons (Fsp3) is 0.182. The number of hydrogen-bond acceptors (Lipinski definition) is 2. The van der Waals surface area contributed by atoms with Crippen molar-refractivity contribution in [1.29, 1.82) is 0 Å². The molecule has 0 aliphatic carbocycles. The van der Waals surface area contributed by atoms with Crippen LogP contribution in [0.1, 0.15) is 17.4 Å². The van der Waals surface area contributed by atoms with Gasteiger partial charge in [-0.25, -0.2) is 9.37 Å². The first-order valence-electron chi connectivity index (χ1n) is 4.86. The number of rotatable bonds is 3. The minimum atomic E-state index is -0.425. The Bertz CT molecular complexity index is 470. The van der Waals surface area contributed by atoms with Crippen molar-refractivity contribution in [2.75, 3.05) is 0 Å². The third-order valence-corrected chi connectivity index (χ3v) is 2.77. The van der Waals surface area contributed by atoms with Gasteiger partial charge in [0.25, 0.3) is 0 Å². The number of halogens is 2. The van der Waals surface area contributed by atoms with Gasteiger partial charge in [0, 0.05) is 12.4 Å². The topological polar surface area (TPSA) is 54.7 Å². The molecule has 5 heteroatoms. The van der Waals surface area contributed by atoms with Gasteiger partial charge in [-0.05, 0) is 18.1 Å². The Morgan fingerprint density at radius 2 is 2.31 bits per heavy atom. The van der Waals surface area contributed by atoms with Gasteiger partial charge in [-0.2, -0.15) is 0 Å². The summed E-state index contributed by atoms with van der Waals surface area (Å²) in [7, 11) is 0.